The van der Waals surface area contributed by atoms with Gasteiger partial charge in [0.2, 0.25) is 5.95 Å². The summed E-state index contributed by atoms with van der Waals surface area (Å²) in [6, 6.07) is 2.88. The molecule has 214 valence electrons. The Bertz CT molecular complexity index is 1580. The summed E-state index contributed by atoms with van der Waals surface area (Å²) in [7, 11) is 0. The highest BCUT2D eigenvalue weighted by Crippen LogP contribution is 2.45. The molecule has 0 bridgehead atoms. The Labute approximate surface area is 235 Å². The van der Waals surface area contributed by atoms with E-state index in [0.29, 0.717) is 18.0 Å². The third-order valence-electron chi connectivity index (χ3n) is 8.84. The van der Waals surface area contributed by atoms with Gasteiger partial charge in [0, 0.05) is 47.9 Å². The Kier molecular flexibility index (Phi) is 6.53. The third-order valence-corrected chi connectivity index (χ3v) is 8.84. The van der Waals surface area contributed by atoms with Crippen molar-refractivity contribution in [1.82, 2.24) is 24.8 Å². The summed E-state index contributed by atoms with van der Waals surface area (Å²) >= 11 is 0. The van der Waals surface area contributed by atoms with Crippen LogP contribution in [0.1, 0.15) is 50.7 Å². The van der Waals surface area contributed by atoms with E-state index in [4.69, 9.17) is 4.99 Å². The lowest BCUT2D eigenvalue weighted by molar-refractivity contribution is -0.137. The van der Waals surface area contributed by atoms with Crippen LogP contribution in [0.5, 0.6) is 0 Å². The van der Waals surface area contributed by atoms with E-state index in [2.05, 4.69) is 43.2 Å². The Hall–Kier alpha value is -3.98. The molecule has 12 heteroatoms. The molecule has 2 unspecified atom stereocenters. The van der Waals surface area contributed by atoms with Crippen LogP contribution in [0.25, 0.3) is 22.3 Å². The average molecular weight is 565 g/mol. The number of dihydropyridines is 1. The number of alkyl halides is 3. The van der Waals surface area contributed by atoms with Gasteiger partial charge in [-0.1, -0.05) is 13.0 Å². The molecule has 3 aromatic rings. The van der Waals surface area contributed by atoms with Crippen LogP contribution in [-0.4, -0.2) is 67.1 Å². The molecule has 0 spiro atoms. The van der Waals surface area contributed by atoms with Crippen molar-refractivity contribution in [1.29, 1.82) is 5.26 Å². The number of fused-ring (bicyclic) bond motifs is 1. The third kappa shape index (κ3) is 5.14. The predicted molar refractivity (Wildman–Crippen MR) is 148 cm³/mol. The van der Waals surface area contributed by atoms with Crippen molar-refractivity contribution >= 4 is 22.8 Å². The zero-order valence-corrected chi connectivity index (χ0v) is 22.8. The number of halogens is 3. The molecular formula is C29H31F3N8O. The molecule has 1 saturated carbocycles. The number of nitrogens with one attached hydrogen (secondary N) is 2. The van der Waals surface area contributed by atoms with Crippen LogP contribution in [0.3, 0.4) is 0 Å². The number of H-pyrrole nitrogens is 1. The number of piperidine rings is 1. The van der Waals surface area contributed by atoms with Gasteiger partial charge in [0.25, 0.3) is 0 Å². The van der Waals surface area contributed by atoms with Crippen molar-refractivity contribution in [3.8, 4) is 17.3 Å². The standard InChI is InChI=1S/C29H31F3N8O/c1-17(27(2)6-5-23(37-16-27)40-9-7-28(41,8-10-40)19-3-4-19)38-26-36-13-18(12-33)24(39-26)22-15-35-25-21(22)11-20(14-34-25)29(30,31)32/h5-6,11,13-15,17,19,41H,3-4,7-10,16H2,1-2H3,(H,34,35)(H,36,38,39). The van der Waals surface area contributed by atoms with Gasteiger partial charge in [-0.2, -0.15) is 18.4 Å². The fourth-order valence-corrected chi connectivity index (χ4v) is 5.71. The molecule has 1 aliphatic carbocycles. The Morgan fingerprint density at radius 1 is 1.22 bits per heavy atom. The second kappa shape index (κ2) is 9.83. The van der Waals surface area contributed by atoms with Gasteiger partial charge in [-0.15, -0.1) is 0 Å². The van der Waals surface area contributed by atoms with E-state index in [9.17, 15) is 23.5 Å². The monoisotopic (exact) mass is 564 g/mol. The van der Waals surface area contributed by atoms with Crippen LogP contribution >= 0.6 is 0 Å². The molecule has 2 atom stereocenters. The quantitative estimate of drug-likeness (QED) is 0.402. The second-order valence-corrected chi connectivity index (χ2v) is 11.6. The number of aliphatic imine (C=N–C) groups is 1. The molecule has 2 fully saturated rings. The maximum absolute atomic E-state index is 13.3. The highest BCUT2D eigenvalue weighted by Gasteiger charge is 2.45. The normalized spacial score (nSPS) is 23.2. The highest BCUT2D eigenvalue weighted by atomic mass is 19.4. The fourth-order valence-electron chi connectivity index (χ4n) is 5.71. The van der Waals surface area contributed by atoms with E-state index in [1.807, 2.05) is 19.1 Å². The number of anilines is 1. The van der Waals surface area contributed by atoms with E-state index < -0.39 is 17.3 Å². The summed E-state index contributed by atoms with van der Waals surface area (Å²) in [5.41, 5.74) is -0.825. The van der Waals surface area contributed by atoms with E-state index in [1.54, 1.807) is 0 Å². The van der Waals surface area contributed by atoms with Gasteiger partial charge in [-0.3, -0.25) is 4.99 Å². The van der Waals surface area contributed by atoms with E-state index in [1.165, 1.54) is 12.4 Å². The van der Waals surface area contributed by atoms with Crippen molar-refractivity contribution in [2.45, 2.75) is 57.3 Å². The van der Waals surface area contributed by atoms with E-state index in [-0.39, 0.29) is 39.7 Å². The first-order chi connectivity index (χ1) is 19.5. The number of amidine groups is 1. The molecule has 3 aliphatic rings. The number of aliphatic hydroxyl groups is 1. The lowest BCUT2D eigenvalue weighted by Crippen LogP contribution is -2.48. The van der Waals surface area contributed by atoms with Crippen molar-refractivity contribution in [2.75, 3.05) is 25.0 Å². The maximum Gasteiger partial charge on any atom is 0.417 e. The van der Waals surface area contributed by atoms with Crippen molar-refractivity contribution in [2.24, 2.45) is 16.3 Å². The summed E-state index contributed by atoms with van der Waals surface area (Å²) in [6.45, 7) is 6.19. The number of hydrogen-bond acceptors (Lipinski definition) is 8. The molecule has 0 amide bonds. The Morgan fingerprint density at radius 3 is 2.61 bits per heavy atom. The van der Waals surface area contributed by atoms with Crippen LogP contribution in [0.4, 0.5) is 19.1 Å². The van der Waals surface area contributed by atoms with Gasteiger partial charge in [0.15, 0.2) is 0 Å². The Morgan fingerprint density at radius 2 is 1.98 bits per heavy atom. The minimum atomic E-state index is -4.55. The molecule has 0 radical (unpaired) electrons. The Balaban J connectivity index is 1.18. The highest BCUT2D eigenvalue weighted by molar-refractivity contribution is 5.95. The number of nitriles is 1. The molecule has 3 aromatic heterocycles. The SMILES string of the molecule is CC(Nc1ncc(C#N)c(-c2c[nH]c3ncc(C(F)(F)F)cc23)n1)C1(C)C=CC(N2CCC(O)(C3CC3)CC2)=NC1. The van der Waals surface area contributed by atoms with Gasteiger partial charge < -0.3 is 20.3 Å². The summed E-state index contributed by atoms with van der Waals surface area (Å²) in [4.78, 5) is 22.7. The summed E-state index contributed by atoms with van der Waals surface area (Å²) in [5, 5.41) is 24.1. The smallest absolute Gasteiger partial charge is 0.389 e. The fraction of sp³-hybridized carbons (Fsp3) is 0.483. The number of pyridine rings is 1. The number of hydrogen-bond donors (Lipinski definition) is 3. The van der Waals surface area contributed by atoms with E-state index in [0.717, 1.165) is 56.9 Å². The summed E-state index contributed by atoms with van der Waals surface area (Å²) in [5.74, 6) is 1.63. The molecule has 2 aliphatic heterocycles. The van der Waals surface area contributed by atoms with Crippen molar-refractivity contribution in [3.63, 3.8) is 0 Å². The van der Waals surface area contributed by atoms with Gasteiger partial charge >= 0.3 is 6.18 Å². The van der Waals surface area contributed by atoms with Crippen LogP contribution in [-0.2, 0) is 6.18 Å². The molecule has 3 N–H and O–H groups in total. The second-order valence-electron chi connectivity index (χ2n) is 11.6. The average Bonchev–Trinajstić information content (AvgIpc) is 3.74. The van der Waals surface area contributed by atoms with Gasteiger partial charge in [-0.25, -0.2) is 15.0 Å². The molecule has 6 rings (SSSR count). The molecule has 9 nitrogen and oxygen atoms in total. The molecular weight excluding hydrogens is 533 g/mol. The minimum Gasteiger partial charge on any atom is -0.389 e. The number of nitrogens with zero attached hydrogens (tertiary/aromatic N) is 6. The molecule has 1 saturated heterocycles. The van der Waals surface area contributed by atoms with Crippen LogP contribution in [0, 0.1) is 22.7 Å². The predicted octanol–water partition coefficient (Wildman–Crippen LogP) is 4.92. The first-order valence-corrected chi connectivity index (χ1v) is 13.8. The van der Waals surface area contributed by atoms with Crippen LogP contribution in [0.2, 0.25) is 0 Å². The summed E-state index contributed by atoms with van der Waals surface area (Å²) < 4.78 is 40.0. The van der Waals surface area contributed by atoms with Crippen molar-refractivity contribution in [3.05, 3.63) is 47.9 Å². The topological polar surface area (TPSA) is 126 Å². The van der Waals surface area contributed by atoms with Crippen LogP contribution in [0.15, 0.2) is 41.8 Å². The van der Waals surface area contributed by atoms with E-state index >= 15 is 0 Å². The number of aromatic amines is 1. The largest absolute Gasteiger partial charge is 0.417 e. The van der Waals surface area contributed by atoms with Gasteiger partial charge in [-0.05, 0) is 50.7 Å². The minimum absolute atomic E-state index is 0.134. The summed E-state index contributed by atoms with van der Waals surface area (Å²) in [6.07, 6.45) is 7.04. The molecule has 5 heterocycles. The zero-order valence-electron chi connectivity index (χ0n) is 22.8. The van der Waals surface area contributed by atoms with Gasteiger partial charge in [0.1, 0.15) is 17.6 Å². The lowest BCUT2D eigenvalue weighted by Gasteiger charge is -2.41. The number of likely N-dealkylation sites (tertiary alicyclic amines) is 1. The van der Waals surface area contributed by atoms with Crippen molar-refractivity contribution < 1.29 is 18.3 Å². The zero-order chi connectivity index (χ0) is 29.0. The number of rotatable bonds is 5. The van der Waals surface area contributed by atoms with Crippen LogP contribution < -0.4 is 5.32 Å². The molecule has 41 heavy (non-hydrogen) atoms. The lowest BCUT2D eigenvalue weighted by atomic mass is 9.81. The first-order valence-electron chi connectivity index (χ1n) is 13.8. The first kappa shape index (κ1) is 27.2. The molecule has 0 aromatic carbocycles. The number of aromatic nitrogens is 4. The van der Waals surface area contributed by atoms with Gasteiger partial charge in [0.05, 0.1) is 35.2 Å². The maximum atomic E-state index is 13.3.